The van der Waals surface area contributed by atoms with E-state index in [4.69, 9.17) is 9.15 Å². The SMILES string of the molecule is COCCN(CC(=O)N(Cc1ccccc1)Cc1ccco1)C(=O)N(C)C. The topological polar surface area (TPSA) is 66.2 Å². The van der Waals surface area contributed by atoms with E-state index >= 15 is 0 Å². The molecule has 0 saturated carbocycles. The molecular weight excluding hydrogens is 346 g/mol. The van der Waals surface area contributed by atoms with E-state index in [1.165, 1.54) is 9.80 Å². The van der Waals surface area contributed by atoms with Gasteiger partial charge in [0.05, 0.1) is 19.4 Å². The molecule has 0 atom stereocenters. The fourth-order valence-corrected chi connectivity index (χ4v) is 2.62. The summed E-state index contributed by atoms with van der Waals surface area (Å²) in [5.41, 5.74) is 1.01. The van der Waals surface area contributed by atoms with Crippen LogP contribution in [0.1, 0.15) is 11.3 Å². The van der Waals surface area contributed by atoms with Crippen molar-refractivity contribution in [2.75, 3.05) is 40.9 Å². The average molecular weight is 373 g/mol. The number of benzene rings is 1. The zero-order chi connectivity index (χ0) is 19.6. The Labute approximate surface area is 160 Å². The Morgan fingerprint density at radius 1 is 1.00 bits per heavy atom. The molecule has 7 heteroatoms. The van der Waals surface area contributed by atoms with E-state index in [1.807, 2.05) is 36.4 Å². The van der Waals surface area contributed by atoms with Crippen LogP contribution in [0.3, 0.4) is 0 Å². The molecule has 2 aromatic rings. The van der Waals surface area contributed by atoms with E-state index in [0.29, 0.717) is 32.0 Å². The Bertz CT molecular complexity index is 701. The molecule has 2 rings (SSSR count). The number of urea groups is 1. The fourth-order valence-electron chi connectivity index (χ4n) is 2.62. The number of methoxy groups -OCH3 is 1. The van der Waals surface area contributed by atoms with Crippen molar-refractivity contribution in [2.24, 2.45) is 0 Å². The van der Waals surface area contributed by atoms with Gasteiger partial charge in [-0.2, -0.15) is 0 Å². The molecule has 1 aromatic heterocycles. The number of hydrogen-bond acceptors (Lipinski definition) is 4. The third-order valence-corrected chi connectivity index (χ3v) is 4.04. The Hall–Kier alpha value is -2.80. The van der Waals surface area contributed by atoms with Gasteiger partial charge in [-0.15, -0.1) is 0 Å². The molecule has 0 spiro atoms. The van der Waals surface area contributed by atoms with Gasteiger partial charge >= 0.3 is 6.03 Å². The lowest BCUT2D eigenvalue weighted by Gasteiger charge is -2.29. The van der Waals surface area contributed by atoms with E-state index < -0.39 is 0 Å². The van der Waals surface area contributed by atoms with Gasteiger partial charge in [-0.05, 0) is 17.7 Å². The predicted molar refractivity (Wildman–Crippen MR) is 102 cm³/mol. The summed E-state index contributed by atoms with van der Waals surface area (Å²) in [5.74, 6) is 0.545. The van der Waals surface area contributed by atoms with E-state index in [2.05, 4.69) is 0 Å². The number of furan rings is 1. The number of ether oxygens (including phenoxy) is 1. The molecule has 7 nitrogen and oxygen atoms in total. The molecule has 0 aliphatic heterocycles. The first kappa shape index (κ1) is 20.5. The maximum Gasteiger partial charge on any atom is 0.320 e. The smallest absolute Gasteiger partial charge is 0.320 e. The van der Waals surface area contributed by atoms with E-state index in [-0.39, 0.29) is 18.5 Å². The first-order valence-corrected chi connectivity index (χ1v) is 8.80. The second-order valence-electron chi connectivity index (χ2n) is 6.41. The zero-order valence-corrected chi connectivity index (χ0v) is 16.1. The maximum atomic E-state index is 13.0. The minimum absolute atomic E-state index is 0.0199. The van der Waals surface area contributed by atoms with Crippen molar-refractivity contribution in [2.45, 2.75) is 13.1 Å². The molecule has 0 aliphatic carbocycles. The van der Waals surface area contributed by atoms with Gasteiger partial charge in [0.25, 0.3) is 0 Å². The molecule has 1 heterocycles. The Morgan fingerprint density at radius 3 is 2.33 bits per heavy atom. The van der Waals surface area contributed by atoms with E-state index in [1.54, 1.807) is 38.4 Å². The first-order valence-electron chi connectivity index (χ1n) is 8.80. The van der Waals surface area contributed by atoms with Crippen LogP contribution in [0.2, 0.25) is 0 Å². The number of carbonyl (C=O) groups is 2. The van der Waals surface area contributed by atoms with Crippen LogP contribution < -0.4 is 0 Å². The van der Waals surface area contributed by atoms with E-state index in [0.717, 1.165) is 5.56 Å². The van der Waals surface area contributed by atoms with Crippen LogP contribution in [-0.4, -0.2) is 67.5 Å². The highest BCUT2D eigenvalue weighted by Crippen LogP contribution is 2.12. The maximum absolute atomic E-state index is 13.0. The Kier molecular flexibility index (Phi) is 7.88. The second kappa shape index (κ2) is 10.4. The number of nitrogens with zero attached hydrogens (tertiary/aromatic N) is 3. The normalized spacial score (nSPS) is 10.5. The van der Waals surface area contributed by atoms with Gasteiger partial charge in [-0.3, -0.25) is 4.79 Å². The lowest BCUT2D eigenvalue weighted by molar-refractivity contribution is -0.133. The number of rotatable bonds is 9. The van der Waals surface area contributed by atoms with Crippen molar-refractivity contribution in [3.63, 3.8) is 0 Å². The first-order chi connectivity index (χ1) is 13.0. The largest absolute Gasteiger partial charge is 0.467 e. The van der Waals surface area contributed by atoms with Crippen molar-refractivity contribution in [1.29, 1.82) is 0 Å². The Morgan fingerprint density at radius 2 is 1.74 bits per heavy atom. The Balaban J connectivity index is 2.13. The quantitative estimate of drug-likeness (QED) is 0.677. The van der Waals surface area contributed by atoms with Crippen molar-refractivity contribution in [1.82, 2.24) is 14.7 Å². The summed E-state index contributed by atoms with van der Waals surface area (Å²) in [4.78, 5) is 30.0. The van der Waals surface area contributed by atoms with Crippen LogP contribution in [0.5, 0.6) is 0 Å². The number of hydrogen-bond donors (Lipinski definition) is 0. The van der Waals surface area contributed by atoms with Gasteiger partial charge < -0.3 is 23.9 Å². The highest BCUT2D eigenvalue weighted by atomic mass is 16.5. The highest BCUT2D eigenvalue weighted by molar-refractivity contribution is 5.84. The summed E-state index contributed by atoms with van der Waals surface area (Å²) >= 11 is 0. The van der Waals surface area contributed by atoms with Crippen LogP contribution in [0.25, 0.3) is 0 Å². The van der Waals surface area contributed by atoms with Crippen LogP contribution in [0.15, 0.2) is 53.1 Å². The van der Waals surface area contributed by atoms with Crippen molar-refractivity contribution >= 4 is 11.9 Å². The molecule has 0 N–H and O–H groups in total. The van der Waals surface area contributed by atoms with Crippen molar-refractivity contribution in [3.05, 3.63) is 60.1 Å². The molecule has 0 aliphatic rings. The van der Waals surface area contributed by atoms with Gasteiger partial charge in [-0.25, -0.2) is 4.79 Å². The summed E-state index contributed by atoms with van der Waals surface area (Å²) in [6.07, 6.45) is 1.58. The van der Waals surface area contributed by atoms with Crippen molar-refractivity contribution in [3.8, 4) is 0 Å². The molecule has 27 heavy (non-hydrogen) atoms. The lowest BCUT2D eigenvalue weighted by Crippen LogP contribution is -2.47. The summed E-state index contributed by atoms with van der Waals surface area (Å²) in [7, 11) is 4.90. The summed E-state index contributed by atoms with van der Waals surface area (Å²) in [6.45, 7) is 1.47. The zero-order valence-electron chi connectivity index (χ0n) is 16.1. The van der Waals surface area contributed by atoms with Crippen LogP contribution in [0.4, 0.5) is 4.79 Å². The molecule has 146 valence electrons. The summed E-state index contributed by atoms with van der Waals surface area (Å²) in [6, 6.07) is 13.1. The third-order valence-electron chi connectivity index (χ3n) is 4.04. The molecule has 0 radical (unpaired) electrons. The summed E-state index contributed by atoms with van der Waals surface area (Å²) in [5, 5.41) is 0. The number of carbonyl (C=O) groups excluding carboxylic acids is 2. The third kappa shape index (κ3) is 6.45. The van der Waals surface area contributed by atoms with Gasteiger partial charge in [0.1, 0.15) is 12.3 Å². The predicted octanol–water partition coefficient (Wildman–Crippen LogP) is 2.44. The molecule has 0 unspecified atom stereocenters. The molecule has 3 amide bonds. The fraction of sp³-hybridized carbons (Fsp3) is 0.400. The standard InChI is InChI=1S/C20H27N3O4/c1-21(2)20(25)22(11-13-26-3)16-19(24)23(15-18-10-7-12-27-18)14-17-8-5-4-6-9-17/h4-10,12H,11,13-16H2,1-3H3. The van der Waals surface area contributed by atoms with Crippen molar-refractivity contribution < 1.29 is 18.7 Å². The molecule has 0 saturated heterocycles. The van der Waals surface area contributed by atoms with Crippen LogP contribution >= 0.6 is 0 Å². The lowest BCUT2D eigenvalue weighted by atomic mass is 10.2. The highest BCUT2D eigenvalue weighted by Gasteiger charge is 2.23. The van der Waals surface area contributed by atoms with Gasteiger partial charge in [-0.1, -0.05) is 30.3 Å². The number of amides is 3. The molecule has 1 aromatic carbocycles. The molecule has 0 fully saturated rings. The van der Waals surface area contributed by atoms with E-state index in [9.17, 15) is 9.59 Å². The monoisotopic (exact) mass is 373 g/mol. The average Bonchev–Trinajstić information content (AvgIpc) is 3.17. The van der Waals surface area contributed by atoms with Gasteiger partial charge in [0.15, 0.2) is 0 Å². The van der Waals surface area contributed by atoms with Crippen LogP contribution in [-0.2, 0) is 22.6 Å². The minimum Gasteiger partial charge on any atom is -0.467 e. The van der Waals surface area contributed by atoms with Gasteiger partial charge in [0.2, 0.25) is 5.91 Å². The second-order valence-corrected chi connectivity index (χ2v) is 6.41. The summed E-state index contributed by atoms with van der Waals surface area (Å²) < 4.78 is 10.5. The minimum atomic E-state index is -0.224. The molecular formula is C20H27N3O4. The van der Waals surface area contributed by atoms with Crippen LogP contribution in [0, 0.1) is 0 Å². The van der Waals surface area contributed by atoms with Gasteiger partial charge in [0, 0.05) is 34.3 Å². The molecule has 0 bridgehead atoms.